The fraction of sp³-hybridized carbons (Fsp3) is 0. The summed E-state index contributed by atoms with van der Waals surface area (Å²) in [5.41, 5.74) is 6.82. The maximum absolute atomic E-state index is 8.60. The van der Waals surface area contributed by atoms with Crippen LogP contribution in [0.4, 0.5) is 0 Å². The Balaban J connectivity index is 0. The number of halogens is 1. The van der Waals surface area contributed by atoms with Gasteiger partial charge in [0.05, 0.1) is 14.9 Å². The SMILES string of the molecule is NNC(N)=S.[O-][Cl+3]([O-])([O-])O. The van der Waals surface area contributed by atoms with Crippen LogP contribution >= 0.6 is 12.2 Å². The fourth-order valence-corrected chi connectivity index (χ4v) is 0. The van der Waals surface area contributed by atoms with Crippen molar-refractivity contribution in [3.8, 4) is 0 Å². The van der Waals surface area contributed by atoms with Gasteiger partial charge in [0.25, 0.3) is 0 Å². The molecule has 0 aromatic heterocycles. The van der Waals surface area contributed by atoms with Gasteiger partial charge >= 0.3 is 0 Å². The zero-order chi connectivity index (χ0) is 8.78. The number of nitrogens with two attached hydrogens (primary N) is 2. The Morgan fingerprint density at radius 2 is 1.60 bits per heavy atom. The molecule has 0 aliphatic rings. The monoisotopic (exact) mass is 191 g/mol. The van der Waals surface area contributed by atoms with Gasteiger partial charge in [-0.2, -0.15) is 14.0 Å². The van der Waals surface area contributed by atoms with Gasteiger partial charge in [0, 0.05) is 0 Å². The lowest BCUT2D eigenvalue weighted by Crippen LogP contribution is -2.58. The zero-order valence-electron chi connectivity index (χ0n) is 4.61. The van der Waals surface area contributed by atoms with Crippen molar-refractivity contribution in [2.45, 2.75) is 0 Å². The normalized spacial score (nSPS) is 9.30. The van der Waals surface area contributed by atoms with Crippen molar-refractivity contribution in [3.63, 3.8) is 0 Å². The highest BCUT2D eigenvalue weighted by Crippen LogP contribution is 1.60. The van der Waals surface area contributed by atoms with Gasteiger partial charge in [-0.05, 0) is 12.2 Å². The second-order valence-corrected chi connectivity index (χ2v) is 2.14. The first-order chi connectivity index (χ1) is 4.27. The van der Waals surface area contributed by atoms with E-state index in [9.17, 15) is 0 Å². The van der Waals surface area contributed by atoms with Crippen LogP contribution in [0.1, 0.15) is 0 Å². The summed E-state index contributed by atoms with van der Waals surface area (Å²) in [5, 5.41) is 0.116. The number of hydrazine groups is 1. The highest BCUT2D eigenvalue weighted by Gasteiger charge is 1.98. The summed E-state index contributed by atoms with van der Waals surface area (Å²) in [6.07, 6.45) is 0. The van der Waals surface area contributed by atoms with Gasteiger partial charge in [-0.1, -0.05) is 0 Å². The molecule has 0 saturated carbocycles. The van der Waals surface area contributed by atoms with Gasteiger partial charge in [-0.3, -0.25) is 0 Å². The minimum absolute atomic E-state index is 0.116. The van der Waals surface area contributed by atoms with E-state index >= 15 is 0 Å². The first-order valence-corrected chi connectivity index (χ1v) is 3.34. The number of thiocarbonyl (C=S) groups is 1. The van der Waals surface area contributed by atoms with Crippen LogP contribution in [0.5, 0.6) is 0 Å². The Hall–Kier alpha value is -0.220. The van der Waals surface area contributed by atoms with E-state index in [1.54, 1.807) is 0 Å². The summed E-state index contributed by atoms with van der Waals surface area (Å²) < 4.78 is 32.7. The largest absolute Gasteiger partial charge is 0.375 e. The predicted molar refractivity (Wildman–Crippen MR) is 26.3 cm³/mol. The van der Waals surface area contributed by atoms with Gasteiger partial charge in [0.2, 0.25) is 0 Å². The average molecular weight is 192 g/mol. The first kappa shape index (κ1) is 12.5. The summed E-state index contributed by atoms with van der Waals surface area (Å²) >= 11 is 4.24. The van der Waals surface area contributed by atoms with E-state index in [1.807, 2.05) is 5.43 Å². The van der Waals surface area contributed by atoms with Crippen LogP contribution in [0.3, 0.4) is 0 Å². The Morgan fingerprint density at radius 1 is 1.50 bits per heavy atom. The number of hydrogen-bond acceptors (Lipinski definition) is 6. The van der Waals surface area contributed by atoms with E-state index in [-0.39, 0.29) is 5.11 Å². The van der Waals surface area contributed by atoms with Crippen molar-refractivity contribution in [2.24, 2.45) is 11.6 Å². The smallest absolute Gasteiger partial charge is 0.177 e. The Morgan fingerprint density at radius 3 is 1.60 bits per heavy atom. The molecule has 0 radical (unpaired) electrons. The molecule has 6 N–H and O–H groups in total. The van der Waals surface area contributed by atoms with Crippen molar-refractivity contribution in [2.75, 3.05) is 0 Å². The van der Waals surface area contributed by atoms with Crippen LogP contribution in [0.25, 0.3) is 0 Å². The number of hydrogen-bond donors (Lipinski definition) is 4. The highest BCUT2D eigenvalue weighted by molar-refractivity contribution is 7.80. The molecular formula is CH6ClN3O4S. The second-order valence-electron chi connectivity index (χ2n) is 0.905. The van der Waals surface area contributed by atoms with E-state index in [1.165, 1.54) is 0 Å². The maximum atomic E-state index is 8.60. The van der Waals surface area contributed by atoms with Crippen LogP contribution in [0.2, 0.25) is 0 Å². The van der Waals surface area contributed by atoms with Crippen molar-refractivity contribution in [1.29, 1.82) is 0 Å². The van der Waals surface area contributed by atoms with Crippen LogP contribution < -0.4 is 31.0 Å². The zero-order valence-corrected chi connectivity index (χ0v) is 6.19. The first-order valence-electron chi connectivity index (χ1n) is 1.66. The Labute approximate surface area is 63.9 Å². The molecule has 0 spiro atoms. The van der Waals surface area contributed by atoms with Crippen molar-refractivity contribution in [1.82, 2.24) is 5.43 Å². The molecule has 0 aromatic carbocycles. The molecule has 7 nitrogen and oxygen atoms in total. The van der Waals surface area contributed by atoms with Gasteiger partial charge in [0.15, 0.2) is 5.11 Å². The standard InChI is InChI=1S/CH5N3S.ClHO4/c2-1(5)4-3;2-1(3,4)5/h3H2,(H3,2,4,5);(H,2,3,4,5). The molecular weight excluding hydrogens is 186 g/mol. The lowest BCUT2D eigenvalue weighted by molar-refractivity contribution is -1.92. The summed E-state index contributed by atoms with van der Waals surface area (Å²) in [6.45, 7) is 0. The Bertz CT molecular complexity index is 97.2. The fourth-order valence-electron chi connectivity index (χ4n) is 0. The van der Waals surface area contributed by atoms with Crippen LogP contribution in [0.15, 0.2) is 0 Å². The van der Waals surface area contributed by atoms with E-state index in [0.717, 1.165) is 0 Å². The average Bonchev–Trinajstić information content (AvgIpc) is 1.61. The molecule has 0 fully saturated rings. The third-order valence-electron chi connectivity index (χ3n) is 0.142. The molecule has 0 unspecified atom stereocenters. The van der Waals surface area contributed by atoms with Gasteiger partial charge in [0.1, 0.15) is 0 Å². The topological polar surface area (TPSA) is 153 Å². The van der Waals surface area contributed by atoms with E-state index in [4.69, 9.17) is 24.4 Å². The number of rotatable bonds is 0. The molecule has 0 atom stereocenters. The second kappa shape index (κ2) is 5.56. The molecule has 0 rings (SSSR count). The van der Waals surface area contributed by atoms with Crippen molar-refractivity contribution < 1.29 is 28.9 Å². The molecule has 9 heteroatoms. The van der Waals surface area contributed by atoms with E-state index in [2.05, 4.69) is 18.1 Å². The van der Waals surface area contributed by atoms with Gasteiger partial charge in [-0.15, -0.1) is 0 Å². The summed E-state index contributed by atoms with van der Waals surface area (Å²) in [7, 11) is -4.69. The third-order valence-corrected chi connectivity index (χ3v) is 0.260. The highest BCUT2D eigenvalue weighted by atomic mass is 35.7. The number of nitrogens with one attached hydrogen (secondary N) is 1. The molecule has 0 bridgehead atoms. The van der Waals surface area contributed by atoms with Gasteiger partial charge < -0.3 is 11.2 Å². The molecule has 0 aromatic rings. The quantitative estimate of drug-likeness (QED) is 0.168. The lowest BCUT2D eigenvalue weighted by Gasteiger charge is -2.03. The minimum Gasteiger partial charge on any atom is -0.375 e. The van der Waals surface area contributed by atoms with Crippen molar-refractivity contribution >= 4 is 17.3 Å². The van der Waals surface area contributed by atoms with E-state index < -0.39 is 10.2 Å². The molecule has 0 heterocycles. The van der Waals surface area contributed by atoms with Crippen LogP contribution in [0, 0.1) is 10.2 Å². The summed E-state index contributed by atoms with van der Waals surface area (Å²) in [6, 6.07) is 0. The molecule has 0 aliphatic heterocycles. The van der Waals surface area contributed by atoms with Crippen LogP contribution in [-0.2, 0) is 0 Å². The molecule has 62 valence electrons. The third kappa shape index (κ3) is 113. The molecule has 10 heavy (non-hydrogen) atoms. The maximum Gasteiger partial charge on any atom is 0.177 e. The summed E-state index contributed by atoms with van der Waals surface area (Å²) in [5.74, 6) is 4.66. The summed E-state index contributed by atoms with van der Waals surface area (Å²) in [4.78, 5) is 0. The molecule has 0 aliphatic carbocycles. The molecule has 0 saturated heterocycles. The minimum atomic E-state index is -4.69. The Kier molecular flexibility index (Phi) is 6.92. The lowest BCUT2D eigenvalue weighted by atomic mass is 11.2. The molecule has 0 amide bonds. The van der Waals surface area contributed by atoms with E-state index in [0.29, 0.717) is 0 Å². The van der Waals surface area contributed by atoms with Crippen molar-refractivity contribution in [3.05, 3.63) is 0 Å². The van der Waals surface area contributed by atoms with Crippen LogP contribution in [-0.4, -0.2) is 9.77 Å². The predicted octanol–water partition coefficient (Wildman–Crippen LogP) is -5.43. The van der Waals surface area contributed by atoms with Gasteiger partial charge in [-0.25, -0.2) is 5.84 Å².